The van der Waals surface area contributed by atoms with Crippen LogP contribution in [0.25, 0.3) is 0 Å². The van der Waals surface area contributed by atoms with Gasteiger partial charge in [-0.15, -0.1) is 0 Å². The van der Waals surface area contributed by atoms with E-state index in [-0.39, 0.29) is 11.9 Å². The number of nitrogens with zero attached hydrogens (tertiary/aromatic N) is 3. The van der Waals surface area contributed by atoms with Crippen LogP contribution in [0.5, 0.6) is 0 Å². The lowest BCUT2D eigenvalue weighted by atomic mass is 9.92. The first-order valence-corrected chi connectivity index (χ1v) is 8.89. The van der Waals surface area contributed by atoms with Gasteiger partial charge in [0.1, 0.15) is 0 Å². The van der Waals surface area contributed by atoms with Crippen molar-refractivity contribution < 1.29 is 4.79 Å². The molecule has 2 saturated heterocycles. The molecule has 1 N–H and O–H groups in total. The summed E-state index contributed by atoms with van der Waals surface area (Å²) in [6.45, 7) is 0. The van der Waals surface area contributed by atoms with E-state index in [0.29, 0.717) is 18.5 Å². The molecule has 0 aliphatic carbocycles. The summed E-state index contributed by atoms with van der Waals surface area (Å²) >= 11 is 2.04. The van der Waals surface area contributed by atoms with E-state index in [1.807, 2.05) is 47.7 Å². The monoisotopic (exact) mass is 308 g/mol. The van der Waals surface area contributed by atoms with Gasteiger partial charge in [-0.3, -0.25) is 9.48 Å². The topological polar surface area (TPSA) is 50.2 Å². The third kappa shape index (κ3) is 3.11. The Morgan fingerprint density at radius 1 is 1.29 bits per heavy atom. The van der Waals surface area contributed by atoms with E-state index in [1.54, 1.807) is 0 Å². The fraction of sp³-hybridized carbons (Fsp3) is 0.733. The molecule has 2 aliphatic rings. The number of amides is 1. The van der Waals surface area contributed by atoms with Crippen LogP contribution < -0.4 is 5.32 Å². The summed E-state index contributed by atoms with van der Waals surface area (Å²) in [5.74, 6) is 2.73. The van der Waals surface area contributed by atoms with Crippen molar-refractivity contribution in [3.8, 4) is 0 Å². The van der Waals surface area contributed by atoms with Crippen LogP contribution in [-0.4, -0.2) is 51.2 Å². The summed E-state index contributed by atoms with van der Waals surface area (Å²) in [5, 5.41) is 8.11. The third-order valence-electron chi connectivity index (χ3n) is 4.69. The molecular formula is C15H24N4OS. The highest BCUT2D eigenvalue weighted by molar-refractivity contribution is 7.99. The van der Waals surface area contributed by atoms with Gasteiger partial charge in [0.25, 0.3) is 0 Å². The second kappa shape index (κ2) is 6.40. The van der Waals surface area contributed by atoms with Crippen molar-refractivity contribution in [2.45, 2.75) is 43.8 Å². The van der Waals surface area contributed by atoms with E-state index < -0.39 is 0 Å². The van der Waals surface area contributed by atoms with Gasteiger partial charge in [0.15, 0.2) is 0 Å². The molecule has 6 heteroatoms. The fourth-order valence-electron chi connectivity index (χ4n) is 3.46. The van der Waals surface area contributed by atoms with Crippen LogP contribution in [0.3, 0.4) is 0 Å². The first-order valence-electron chi connectivity index (χ1n) is 7.74. The number of carbonyl (C=O) groups is 1. The number of hydrogen-bond donors (Lipinski definition) is 1. The molecular weight excluding hydrogens is 284 g/mol. The summed E-state index contributed by atoms with van der Waals surface area (Å²) in [6, 6.07) is 3.05. The molecule has 5 nitrogen and oxygen atoms in total. The Hall–Kier alpha value is -1.01. The molecule has 3 heterocycles. The van der Waals surface area contributed by atoms with E-state index in [2.05, 4.69) is 10.4 Å². The number of piperidine rings is 1. The quantitative estimate of drug-likeness (QED) is 0.921. The zero-order chi connectivity index (χ0) is 14.8. The zero-order valence-electron chi connectivity index (χ0n) is 12.8. The largest absolute Gasteiger partial charge is 0.336 e. The predicted octanol–water partition coefficient (Wildman–Crippen LogP) is 1.57. The van der Waals surface area contributed by atoms with Gasteiger partial charge in [0.05, 0.1) is 11.7 Å². The molecule has 0 aromatic carbocycles. The molecule has 0 spiro atoms. The molecule has 0 unspecified atom stereocenters. The minimum absolute atomic E-state index is 0.0910. The Labute approximate surface area is 130 Å². The first-order chi connectivity index (χ1) is 10.2. The molecule has 21 heavy (non-hydrogen) atoms. The minimum Gasteiger partial charge on any atom is -0.336 e. The maximum absolute atomic E-state index is 12.1. The Morgan fingerprint density at radius 2 is 2.05 bits per heavy atom. The first kappa shape index (κ1) is 14.9. The van der Waals surface area contributed by atoms with Crippen LogP contribution in [-0.2, 0) is 11.8 Å². The van der Waals surface area contributed by atoms with Gasteiger partial charge < -0.3 is 10.2 Å². The van der Waals surface area contributed by atoms with Gasteiger partial charge in [-0.25, -0.2) is 0 Å². The molecule has 0 bridgehead atoms. The standard InChI is InChI=1S/C15H24N4OS/c1-18-14(20)4-3-12(17-11-6-9-21-10-7-11)15(18)13-5-8-16-19(13)2/h5,8,11-12,15,17H,3-4,6-7,9-10H2,1-2H3/t12-,15-/m1/s1. The fourth-order valence-corrected chi connectivity index (χ4v) is 4.56. The zero-order valence-corrected chi connectivity index (χ0v) is 13.6. The Morgan fingerprint density at radius 3 is 2.71 bits per heavy atom. The van der Waals surface area contributed by atoms with Crippen LogP contribution >= 0.6 is 11.8 Å². The molecule has 0 radical (unpaired) electrons. The molecule has 1 aromatic heterocycles. The van der Waals surface area contributed by atoms with E-state index in [0.717, 1.165) is 12.1 Å². The van der Waals surface area contributed by atoms with E-state index in [4.69, 9.17) is 0 Å². The molecule has 1 amide bonds. The molecule has 3 rings (SSSR count). The lowest BCUT2D eigenvalue weighted by Gasteiger charge is -2.41. The van der Waals surface area contributed by atoms with Gasteiger partial charge in [0.2, 0.25) is 5.91 Å². The molecule has 1 aromatic rings. The van der Waals surface area contributed by atoms with Crippen molar-refractivity contribution in [3.63, 3.8) is 0 Å². The Balaban J connectivity index is 1.79. The lowest BCUT2D eigenvalue weighted by Crippen LogP contribution is -2.52. The summed E-state index contributed by atoms with van der Waals surface area (Å²) in [6.07, 6.45) is 5.84. The van der Waals surface area contributed by atoms with Gasteiger partial charge in [0, 0.05) is 38.8 Å². The van der Waals surface area contributed by atoms with Crippen molar-refractivity contribution in [1.29, 1.82) is 0 Å². The van der Waals surface area contributed by atoms with E-state index in [1.165, 1.54) is 24.3 Å². The Bertz CT molecular complexity index is 498. The van der Waals surface area contributed by atoms with Gasteiger partial charge in [-0.1, -0.05) is 0 Å². The lowest BCUT2D eigenvalue weighted by molar-refractivity contribution is -0.136. The summed E-state index contributed by atoms with van der Waals surface area (Å²) < 4.78 is 1.89. The normalized spacial score (nSPS) is 28.1. The smallest absolute Gasteiger partial charge is 0.222 e. The number of thioether (sulfide) groups is 1. The van der Waals surface area contributed by atoms with Crippen LogP contribution in [0.15, 0.2) is 12.3 Å². The number of likely N-dealkylation sites (N-methyl/N-ethyl adjacent to an activating group) is 1. The summed E-state index contributed by atoms with van der Waals surface area (Å²) in [7, 11) is 3.88. The summed E-state index contributed by atoms with van der Waals surface area (Å²) in [5.41, 5.74) is 1.12. The number of rotatable bonds is 3. The number of nitrogens with one attached hydrogen (secondary N) is 1. The Kier molecular flexibility index (Phi) is 4.54. The van der Waals surface area contributed by atoms with Crippen LogP contribution in [0.4, 0.5) is 0 Å². The van der Waals surface area contributed by atoms with Crippen LogP contribution in [0.1, 0.15) is 37.4 Å². The average Bonchev–Trinajstić information content (AvgIpc) is 2.90. The molecule has 2 atom stereocenters. The highest BCUT2D eigenvalue weighted by atomic mass is 32.2. The highest BCUT2D eigenvalue weighted by Gasteiger charge is 2.37. The minimum atomic E-state index is 0.0910. The van der Waals surface area contributed by atoms with Gasteiger partial charge >= 0.3 is 0 Å². The number of likely N-dealkylation sites (tertiary alicyclic amines) is 1. The number of aromatic nitrogens is 2. The van der Waals surface area contributed by atoms with Crippen LogP contribution in [0, 0.1) is 0 Å². The van der Waals surface area contributed by atoms with E-state index in [9.17, 15) is 4.79 Å². The SMILES string of the molecule is CN1C(=O)CC[C@@H](NC2CCSCC2)[C@@H]1c1ccnn1C. The second-order valence-electron chi connectivity index (χ2n) is 6.03. The number of aryl methyl sites for hydroxylation is 1. The molecule has 2 aliphatic heterocycles. The predicted molar refractivity (Wildman–Crippen MR) is 85.2 cm³/mol. The molecule has 116 valence electrons. The maximum Gasteiger partial charge on any atom is 0.222 e. The maximum atomic E-state index is 12.1. The van der Waals surface area contributed by atoms with Crippen molar-refractivity contribution in [1.82, 2.24) is 20.0 Å². The molecule has 2 fully saturated rings. The average molecular weight is 308 g/mol. The van der Waals surface area contributed by atoms with Crippen molar-refractivity contribution in [2.75, 3.05) is 18.6 Å². The van der Waals surface area contributed by atoms with Crippen LogP contribution in [0.2, 0.25) is 0 Å². The third-order valence-corrected chi connectivity index (χ3v) is 5.74. The second-order valence-corrected chi connectivity index (χ2v) is 7.25. The van der Waals surface area contributed by atoms with Crippen molar-refractivity contribution >= 4 is 17.7 Å². The number of hydrogen-bond acceptors (Lipinski definition) is 4. The highest BCUT2D eigenvalue weighted by Crippen LogP contribution is 2.31. The van der Waals surface area contributed by atoms with E-state index >= 15 is 0 Å². The van der Waals surface area contributed by atoms with Gasteiger partial charge in [-0.2, -0.15) is 16.9 Å². The summed E-state index contributed by atoms with van der Waals surface area (Å²) in [4.78, 5) is 14.0. The number of carbonyl (C=O) groups excluding carboxylic acids is 1. The van der Waals surface area contributed by atoms with Gasteiger partial charge in [-0.05, 0) is 36.8 Å². The molecule has 0 saturated carbocycles. The van der Waals surface area contributed by atoms with Crippen molar-refractivity contribution in [3.05, 3.63) is 18.0 Å². The van der Waals surface area contributed by atoms with Crippen molar-refractivity contribution in [2.24, 2.45) is 7.05 Å².